The first-order chi connectivity index (χ1) is 13.9. The minimum atomic E-state index is -0.531. The number of methoxy groups -OCH3 is 1. The lowest BCUT2D eigenvalue weighted by Gasteiger charge is -2.25. The number of primary amides is 1. The van der Waals surface area contributed by atoms with E-state index in [9.17, 15) is 9.59 Å². The van der Waals surface area contributed by atoms with E-state index in [1.807, 2.05) is 50.2 Å². The number of rotatable bonds is 7. The molecule has 2 N–H and O–H groups in total. The first-order valence-electron chi connectivity index (χ1n) is 9.28. The lowest BCUT2D eigenvalue weighted by Crippen LogP contribution is -2.35. The van der Waals surface area contributed by atoms with Crippen LogP contribution in [0.3, 0.4) is 0 Å². The van der Waals surface area contributed by atoms with E-state index in [4.69, 9.17) is 10.5 Å². The number of hydrogen-bond donors (Lipinski definition) is 1. The average molecular weight is 392 g/mol. The van der Waals surface area contributed by atoms with Crippen molar-refractivity contribution in [1.82, 2.24) is 14.5 Å². The summed E-state index contributed by atoms with van der Waals surface area (Å²) in [5, 5.41) is 4.12. The summed E-state index contributed by atoms with van der Waals surface area (Å²) in [5.74, 6) is 0.138. The Balaban J connectivity index is 1.79. The molecule has 1 aromatic carbocycles. The van der Waals surface area contributed by atoms with Gasteiger partial charge in [-0.05, 0) is 55.3 Å². The standard InChI is InChI=1S/C22H24N4O3/c1-15(2)25(21(27)9-6-16-4-7-18(29-3)8-5-16)14-17-10-11-26-20(12-17)19(13-24-26)22(23)28/h4-13,15H,14H2,1-3H3,(H2,23,28)/b9-6-. The maximum atomic E-state index is 12.8. The van der Waals surface area contributed by atoms with Gasteiger partial charge in [-0.1, -0.05) is 12.1 Å². The molecular weight excluding hydrogens is 368 g/mol. The Kier molecular flexibility index (Phi) is 5.97. The van der Waals surface area contributed by atoms with Crippen LogP contribution in [0.2, 0.25) is 0 Å². The molecule has 0 aliphatic rings. The topological polar surface area (TPSA) is 89.9 Å². The second-order valence-corrected chi connectivity index (χ2v) is 6.95. The number of pyridine rings is 1. The highest BCUT2D eigenvalue weighted by Crippen LogP contribution is 2.16. The Bertz CT molecular complexity index is 1050. The number of nitrogens with two attached hydrogens (primary N) is 1. The molecule has 0 unspecified atom stereocenters. The van der Waals surface area contributed by atoms with Gasteiger partial charge >= 0.3 is 0 Å². The van der Waals surface area contributed by atoms with Gasteiger partial charge in [-0.2, -0.15) is 5.10 Å². The Morgan fingerprint density at radius 1 is 1.24 bits per heavy atom. The molecule has 0 radical (unpaired) electrons. The highest BCUT2D eigenvalue weighted by Gasteiger charge is 2.16. The van der Waals surface area contributed by atoms with Crippen LogP contribution in [0.5, 0.6) is 5.75 Å². The summed E-state index contributed by atoms with van der Waals surface area (Å²) in [4.78, 5) is 26.1. The average Bonchev–Trinajstić information content (AvgIpc) is 3.14. The van der Waals surface area contributed by atoms with E-state index in [2.05, 4.69) is 5.10 Å². The summed E-state index contributed by atoms with van der Waals surface area (Å²) in [5.41, 5.74) is 8.19. The van der Waals surface area contributed by atoms with Gasteiger partial charge in [0.25, 0.3) is 5.91 Å². The lowest BCUT2D eigenvalue weighted by atomic mass is 10.1. The number of nitrogens with zero attached hydrogens (tertiary/aromatic N) is 3. The molecule has 0 fully saturated rings. The third-order valence-electron chi connectivity index (χ3n) is 4.64. The molecule has 29 heavy (non-hydrogen) atoms. The maximum absolute atomic E-state index is 12.8. The molecule has 2 aromatic heterocycles. The summed E-state index contributed by atoms with van der Waals surface area (Å²) in [7, 11) is 1.61. The minimum absolute atomic E-state index is 0.000217. The van der Waals surface area contributed by atoms with E-state index < -0.39 is 5.91 Å². The van der Waals surface area contributed by atoms with Crippen LogP contribution >= 0.6 is 0 Å². The molecule has 7 nitrogen and oxygen atoms in total. The quantitative estimate of drug-likeness (QED) is 0.626. The molecular formula is C22H24N4O3. The Morgan fingerprint density at radius 2 is 1.97 bits per heavy atom. The molecule has 0 saturated heterocycles. The zero-order chi connectivity index (χ0) is 21.0. The second kappa shape index (κ2) is 8.60. The minimum Gasteiger partial charge on any atom is -0.497 e. The van der Waals surface area contributed by atoms with Crippen LogP contribution in [0.4, 0.5) is 0 Å². The number of aromatic nitrogens is 2. The first-order valence-corrected chi connectivity index (χ1v) is 9.28. The smallest absolute Gasteiger partial charge is 0.252 e. The molecule has 0 atom stereocenters. The molecule has 7 heteroatoms. The first kappa shape index (κ1) is 20.1. The van der Waals surface area contributed by atoms with Crippen LogP contribution in [0.1, 0.15) is 35.3 Å². The van der Waals surface area contributed by atoms with Crippen molar-refractivity contribution in [2.24, 2.45) is 5.73 Å². The van der Waals surface area contributed by atoms with Gasteiger partial charge in [0.15, 0.2) is 0 Å². The molecule has 3 aromatic rings. The molecule has 2 heterocycles. The van der Waals surface area contributed by atoms with Crippen molar-refractivity contribution in [3.05, 3.63) is 71.6 Å². The zero-order valence-corrected chi connectivity index (χ0v) is 16.7. The van der Waals surface area contributed by atoms with Gasteiger partial charge in [0.1, 0.15) is 5.75 Å². The summed E-state index contributed by atoms with van der Waals surface area (Å²) < 4.78 is 6.74. The summed E-state index contributed by atoms with van der Waals surface area (Å²) in [6.07, 6.45) is 6.55. The van der Waals surface area contributed by atoms with Crippen LogP contribution in [0.15, 0.2) is 54.9 Å². The summed E-state index contributed by atoms with van der Waals surface area (Å²) in [6, 6.07) is 11.2. The van der Waals surface area contributed by atoms with Crippen LogP contribution in [0, 0.1) is 0 Å². The van der Waals surface area contributed by atoms with Crippen molar-refractivity contribution < 1.29 is 14.3 Å². The van der Waals surface area contributed by atoms with Crippen LogP contribution < -0.4 is 10.5 Å². The monoisotopic (exact) mass is 392 g/mol. The van der Waals surface area contributed by atoms with Crippen molar-refractivity contribution in [1.29, 1.82) is 0 Å². The highest BCUT2D eigenvalue weighted by molar-refractivity contribution is 5.99. The number of benzene rings is 1. The number of carbonyl (C=O) groups excluding carboxylic acids is 2. The predicted octanol–water partition coefficient (Wildman–Crippen LogP) is 2.89. The van der Waals surface area contributed by atoms with Crippen molar-refractivity contribution in [2.75, 3.05) is 7.11 Å². The van der Waals surface area contributed by atoms with Crippen molar-refractivity contribution in [2.45, 2.75) is 26.4 Å². The van der Waals surface area contributed by atoms with Crippen molar-refractivity contribution >= 4 is 23.4 Å². The molecule has 3 rings (SSSR count). The Hall–Kier alpha value is -3.61. The number of hydrogen-bond acceptors (Lipinski definition) is 4. The summed E-state index contributed by atoms with van der Waals surface area (Å²) in [6.45, 7) is 4.33. The fourth-order valence-corrected chi connectivity index (χ4v) is 3.00. The molecule has 0 aliphatic carbocycles. The zero-order valence-electron chi connectivity index (χ0n) is 16.7. The van der Waals surface area contributed by atoms with E-state index in [-0.39, 0.29) is 11.9 Å². The van der Waals surface area contributed by atoms with E-state index in [1.54, 1.807) is 34.9 Å². The molecule has 0 aliphatic heterocycles. The number of ether oxygens (including phenoxy) is 1. The molecule has 0 spiro atoms. The molecule has 0 bridgehead atoms. The van der Waals surface area contributed by atoms with Gasteiger partial charge in [0, 0.05) is 24.9 Å². The van der Waals surface area contributed by atoms with Crippen LogP contribution in [0.25, 0.3) is 11.6 Å². The van der Waals surface area contributed by atoms with E-state index in [1.165, 1.54) is 6.20 Å². The maximum Gasteiger partial charge on any atom is 0.252 e. The van der Waals surface area contributed by atoms with Crippen molar-refractivity contribution in [3.8, 4) is 5.75 Å². The van der Waals surface area contributed by atoms with Crippen LogP contribution in [-0.4, -0.2) is 39.5 Å². The highest BCUT2D eigenvalue weighted by atomic mass is 16.5. The third-order valence-corrected chi connectivity index (χ3v) is 4.64. The SMILES string of the molecule is COc1ccc(/C=C\C(=O)N(Cc2ccn3ncc(C(N)=O)c3c2)C(C)C)cc1. The van der Waals surface area contributed by atoms with Gasteiger partial charge in [0.2, 0.25) is 5.91 Å². The van der Waals surface area contributed by atoms with E-state index in [0.29, 0.717) is 17.6 Å². The van der Waals surface area contributed by atoms with Gasteiger partial charge in [-0.25, -0.2) is 4.52 Å². The van der Waals surface area contributed by atoms with Gasteiger partial charge in [0.05, 0.1) is 24.4 Å². The molecule has 0 saturated carbocycles. The Labute approximate surface area is 169 Å². The predicted molar refractivity (Wildman–Crippen MR) is 111 cm³/mol. The second-order valence-electron chi connectivity index (χ2n) is 6.95. The number of fused-ring (bicyclic) bond motifs is 1. The lowest BCUT2D eigenvalue weighted by molar-refractivity contribution is -0.128. The summed E-state index contributed by atoms with van der Waals surface area (Å²) >= 11 is 0. The molecule has 2 amide bonds. The number of amides is 2. The normalized spacial score (nSPS) is 11.3. The van der Waals surface area contributed by atoms with Gasteiger partial charge in [-0.3, -0.25) is 9.59 Å². The number of carbonyl (C=O) groups is 2. The van der Waals surface area contributed by atoms with E-state index in [0.717, 1.165) is 16.9 Å². The van der Waals surface area contributed by atoms with Crippen molar-refractivity contribution in [3.63, 3.8) is 0 Å². The fraction of sp³-hybridized carbons (Fsp3) is 0.227. The largest absolute Gasteiger partial charge is 0.497 e. The van der Waals surface area contributed by atoms with Gasteiger partial charge < -0.3 is 15.4 Å². The molecule has 150 valence electrons. The Morgan fingerprint density at radius 3 is 2.59 bits per heavy atom. The fourth-order valence-electron chi connectivity index (χ4n) is 3.00. The van der Waals surface area contributed by atoms with Crippen LogP contribution in [-0.2, 0) is 11.3 Å². The van der Waals surface area contributed by atoms with Gasteiger partial charge in [-0.15, -0.1) is 0 Å². The van der Waals surface area contributed by atoms with E-state index >= 15 is 0 Å². The third kappa shape index (κ3) is 4.63.